The second kappa shape index (κ2) is 9.75. The molecule has 0 spiro atoms. The highest BCUT2D eigenvalue weighted by atomic mass is 32.2. The molecule has 0 aromatic heterocycles. The molecule has 8 heteroatoms. The molecule has 174 valence electrons. The molecule has 3 rings (SSSR count). The van der Waals surface area contributed by atoms with E-state index in [1.165, 1.54) is 21.6 Å². The van der Waals surface area contributed by atoms with Crippen molar-refractivity contribution in [3.05, 3.63) is 59.7 Å². The summed E-state index contributed by atoms with van der Waals surface area (Å²) in [5.74, 6) is 0. The van der Waals surface area contributed by atoms with E-state index in [9.17, 15) is 18.0 Å². The number of ether oxygens (including phenoxy) is 1. The summed E-state index contributed by atoms with van der Waals surface area (Å²) in [5.41, 5.74) is 0.701. The molecule has 1 amide bonds. The Morgan fingerprint density at radius 1 is 0.969 bits per heavy atom. The summed E-state index contributed by atoms with van der Waals surface area (Å²) in [7, 11) is 0. The van der Waals surface area contributed by atoms with E-state index in [2.05, 4.69) is 0 Å². The van der Waals surface area contributed by atoms with Crippen LogP contribution in [0.4, 0.5) is 18.0 Å². The van der Waals surface area contributed by atoms with Crippen LogP contribution in [0.5, 0.6) is 0 Å². The predicted octanol–water partition coefficient (Wildman–Crippen LogP) is 6.30. The van der Waals surface area contributed by atoms with Crippen LogP contribution in [-0.4, -0.2) is 53.8 Å². The van der Waals surface area contributed by atoms with E-state index in [-0.39, 0.29) is 31.7 Å². The number of hydrogen-bond acceptors (Lipinski definition) is 4. The Morgan fingerprint density at radius 2 is 1.59 bits per heavy atom. The molecule has 2 aromatic rings. The minimum absolute atomic E-state index is 0.128. The predicted molar refractivity (Wildman–Crippen MR) is 120 cm³/mol. The van der Waals surface area contributed by atoms with Gasteiger partial charge in [0.05, 0.1) is 0 Å². The summed E-state index contributed by atoms with van der Waals surface area (Å²) < 4.78 is 47.4. The molecule has 4 nitrogen and oxygen atoms in total. The zero-order chi connectivity index (χ0) is 23.5. The molecule has 1 heterocycles. The lowest BCUT2D eigenvalue weighted by Gasteiger charge is -2.40. The number of benzene rings is 2. The minimum Gasteiger partial charge on any atom is -0.444 e. The first kappa shape index (κ1) is 24.5. The van der Waals surface area contributed by atoms with Crippen LogP contribution >= 0.6 is 11.8 Å². The summed E-state index contributed by atoms with van der Waals surface area (Å²) in [6.45, 7) is 7.95. The van der Waals surface area contributed by atoms with Gasteiger partial charge < -0.3 is 9.64 Å². The average Bonchev–Trinajstić information content (AvgIpc) is 2.68. The second-order valence-corrected chi connectivity index (χ2v) is 10.1. The fraction of sp³-hybridized carbons (Fsp3) is 0.458. The van der Waals surface area contributed by atoms with Crippen LogP contribution in [0.25, 0.3) is 0 Å². The highest BCUT2D eigenvalue weighted by Gasteiger charge is 2.45. The van der Waals surface area contributed by atoms with Gasteiger partial charge in [-0.1, -0.05) is 41.6 Å². The second-order valence-electron chi connectivity index (χ2n) is 8.94. The number of amides is 1. The minimum atomic E-state index is -4.42. The molecule has 0 bridgehead atoms. The standard InChI is InChI=1S/C24H29F3N2O2S/c1-17-6-5-7-20(16-17)32-19-10-8-18(9-11-19)21(24(25,26)27)28-12-14-29(15-13-28)22(30)31-23(2,3)4/h5-11,16,21H,12-15H2,1-4H3. The highest BCUT2D eigenvalue weighted by molar-refractivity contribution is 7.99. The number of carbonyl (C=O) groups is 1. The van der Waals surface area contributed by atoms with Gasteiger partial charge in [-0.2, -0.15) is 13.2 Å². The number of carbonyl (C=O) groups excluding carboxylic acids is 1. The lowest BCUT2D eigenvalue weighted by Crippen LogP contribution is -2.53. The van der Waals surface area contributed by atoms with Crippen molar-refractivity contribution in [2.45, 2.75) is 55.3 Å². The summed E-state index contributed by atoms with van der Waals surface area (Å²) in [5, 5.41) is 0. The Hall–Kier alpha value is -2.19. The van der Waals surface area contributed by atoms with Gasteiger partial charge in [0, 0.05) is 36.0 Å². The number of hydrogen-bond donors (Lipinski definition) is 0. The Labute approximate surface area is 191 Å². The van der Waals surface area contributed by atoms with E-state index in [4.69, 9.17) is 4.74 Å². The molecule has 1 aliphatic heterocycles. The van der Waals surface area contributed by atoms with Gasteiger partial charge in [0.25, 0.3) is 0 Å². The van der Waals surface area contributed by atoms with E-state index in [0.29, 0.717) is 0 Å². The van der Waals surface area contributed by atoms with E-state index in [1.54, 1.807) is 45.0 Å². The highest BCUT2D eigenvalue weighted by Crippen LogP contribution is 2.39. The first-order valence-corrected chi connectivity index (χ1v) is 11.4. The van der Waals surface area contributed by atoms with Crippen molar-refractivity contribution in [3.8, 4) is 0 Å². The average molecular weight is 467 g/mol. The lowest BCUT2D eigenvalue weighted by molar-refractivity contribution is -0.190. The molecule has 0 saturated carbocycles. The van der Waals surface area contributed by atoms with Crippen molar-refractivity contribution >= 4 is 17.9 Å². The third kappa shape index (κ3) is 6.65. The molecule has 32 heavy (non-hydrogen) atoms. The zero-order valence-corrected chi connectivity index (χ0v) is 19.6. The van der Waals surface area contributed by atoms with Crippen molar-refractivity contribution in [2.24, 2.45) is 0 Å². The third-order valence-electron chi connectivity index (χ3n) is 5.06. The maximum Gasteiger partial charge on any atom is 0.410 e. The van der Waals surface area contributed by atoms with Crippen molar-refractivity contribution in [3.63, 3.8) is 0 Å². The quantitative estimate of drug-likeness (QED) is 0.529. The van der Waals surface area contributed by atoms with Crippen molar-refractivity contribution in [1.29, 1.82) is 0 Å². The smallest absolute Gasteiger partial charge is 0.410 e. The van der Waals surface area contributed by atoms with Gasteiger partial charge in [-0.25, -0.2) is 4.79 Å². The molecule has 0 N–H and O–H groups in total. The summed E-state index contributed by atoms with van der Waals surface area (Å²) in [6, 6.07) is 12.9. The SMILES string of the molecule is Cc1cccc(Sc2ccc(C(N3CCN(C(=O)OC(C)(C)C)CC3)C(F)(F)F)cc2)c1. The zero-order valence-electron chi connectivity index (χ0n) is 18.8. The van der Waals surface area contributed by atoms with E-state index >= 15 is 0 Å². The van der Waals surface area contributed by atoms with Gasteiger partial charge in [0.2, 0.25) is 0 Å². The molecule has 1 fully saturated rings. The fourth-order valence-electron chi connectivity index (χ4n) is 3.63. The number of alkyl halides is 3. The molecular formula is C24H29F3N2O2S. The number of nitrogens with zero attached hydrogens (tertiary/aromatic N) is 2. The van der Waals surface area contributed by atoms with Gasteiger partial charge in [-0.15, -0.1) is 0 Å². The van der Waals surface area contributed by atoms with Gasteiger partial charge in [-0.3, -0.25) is 4.90 Å². The first-order valence-electron chi connectivity index (χ1n) is 10.6. The Morgan fingerprint density at radius 3 is 2.12 bits per heavy atom. The van der Waals surface area contributed by atoms with Crippen LogP contribution in [0.3, 0.4) is 0 Å². The van der Waals surface area contributed by atoms with Crippen molar-refractivity contribution < 1.29 is 22.7 Å². The number of piperazine rings is 1. The molecule has 1 unspecified atom stereocenters. The molecule has 1 atom stereocenters. The van der Waals surface area contributed by atoms with E-state index < -0.39 is 23.9 Å². The number of rotatable bonds is 4. The molecule has 1 saturated heterocycles. The maximum atomic E-state index is 14.0. The fourth-order valence-corrected chi connectivity index (χ4v) is 4.56. The molecule has 1 aliphatic rings. The normalized spacial score (nSPS) is 16.7. The topological polar surface area (TPSA) is 32.8 Å². The number of halogens is 3. The first-order chi connectivity index (χ1) is 14.9. The van der Waals surface area contributed by atoms with Crippen molar-refractivity contribution in [2.75, 3.05) is 26.2 Å². The van der Waals surface area contributed by atoms with Crippen LogP contribution in [0, 0.1) is 6.92 Å². The van der Waals surface area contributed by atoms with E-state index in [0.717, 1.165) is 15.4 Å². The lowest BCUT2D eigenvalue weighted by atomic mass is 10.0. The number of aryl methyl sites for hydroxylation is 1. The third-order valence-corrected chi connectivity index (χ3v) is 6.06. The van der Waals surface area contributed by atoms with Gasteiger partial charge in [-0.05, 0) is 57.5 Å². The molecule has 2 aromatic carbocycles. The van der Waals surface area contributed by atoms with Crippen molar-refractivity contribution in [1.82, 2.24) is 9.80 Å². The molecular weight excluding hydrogens is 437 g/mol. The van der Waals surface area contributed by atoms with E-state index in [1.807, 2.05) is 31.2 Å². The Bertz CT molecular complexity index is 918. The van der Waals surface area contributed by atoms with Crippen LogP contribution in [-0.2, 0) is 4.74 Å². The Kier molecular flexibility index (Phi) is 7.45. The van der Waals surface area contributed by atoms with Crippen LogP contribution in [0.2, 0.25) is 0 Å². The maximum absolute atomic E-state index is 14.0. The molecule has 0 radical (unpaired) electrons. The monoisotopic (exact) mass is 466 g/mol. The largest absolute Gasteiger partial charge is 0.444 e. The summed E-state index contributed by atoms with van der Waals surface area (Å²) >= 11 is 1.52. The summed E-state index contributed by atoms with van der Waals surface area (Å²) in [4.78, 5) is 17.0. The van der Waals surface area contributed by atoms with Crippen LogP contribution < -0.4 is 0 Å². The van der Waals surface area contributed by atoms with Gasteiger partial charge >= 0.3 is 12.3 Å². The molecule has 0 aliphatic carbocycles. The van der Waals surface area contributed by atoms with Gasteiger partial charge in [0.1, 0.15) is 11.6 Å². The Balaban J connectivity index is 1.69. The van der Waals surface area contributed by atoms with Gasteiger partial charge in [0.15, 0.2) is 0 Å². The van der Waals surface area contributed by atoms with Crippen LogP contribution in [0.1, 0.15) is 37.9 Å². The van der Waals surface area contributed by atoms with Crippen LogP contribution in [0.15, 0.2) is 58.3 Å². The summed E-state index contributed by atoms with van der Waals surface area (Å²) in [6.07, 6.45) is -4.91.